The van der Waals surface area contributed by atoms with E-state index in [-0.39, 0.29) is 10.6 Å². The number of rotatable bonds is 4. The van der Waals surface area contributed by atoms with E-state index in [4.69, 9.17) is 0 Å². The highest BCUT2D eigenvalue weighted by molar-refractivity contribution is 7.92. The summed E-state index contributed by atoms with van der Waals surface area (Å²) in [5.74, 6) is 0. The molecule has 0 radical (unpaired) electrons. The van der Waals surface area contributed by atoms with Crippen LogP contribution in [0.1, 0.15) is 18.6 Å². The minimum Gasteiger partial charge on any atom is -0.389 e. The van der Waals surface area contributed by atoms with Crippen molar-refractivity contribution in [3.05, 3.63) is 58.5 Å². The fourth-order valence-corrected chi connectivity index (χ4v) is 2.91. The van der Waals surface area contributed by atoms with Gasteiger partial charge in [-0.05, 0) is 13.0 Å². The number of para-hydroxylation sites is 1. The second-order valence-electron chi connectivity index (χ2n) is 4.24. The van der Waals surface area contributed by atoms with E-state index in [1.165, 1.54) is 19.2 Å². The van der Waals surface area contributed by atoms with Crippen molar-refractivity contribution in [1.29, 1.82) is 0 Å². The van der Waals surface area contributed by atoms with E-state index in [0.29, 0.717) is 5.56 Å². The first kappa shape index (κ1) is 14.3. The Hall–Kier alpha value is -2.12. The van der Waals surface area contributed by atoms with Gasteiger partial charge >= 0.3 is 0 Å². The topological polar surface area (TPSA) is 99.3 Å². The van der Waals surface area contributed by atoms with Gasteiger partial charge in [0.1, 0.15) is 0 Å². The third-order valence-corrected chi connectivity index (χ3v) is 4.12. The highest BCUT2D eigenvalue weighted by atomic mass is 32.2. The first-order valence-corrected chi connectivity index (χ1v) is 7.37. The number of hydrogen-bond donors (Lipinski definition) is 3. The summed E-state index contributed by atoms with van der Waals surface area (Å²) in [6.07, 6.45) is 1.64. The average molecular weight is 294 g/mol. The zero-order chi connectivity index (χ0) is 14.8. The van der Waals surface area contributed by atoms with E-state index in [9.17, 15) is 18.3 Å². The summed E-state index contributed by atoms with van der Waals surface area (Å²) < 4.78 is 26.7. The predicted molar refractivity (Wildman–Crippen MR) is 74.9 cm³/mol. The molecule has 0 aliphatic rings. The Labute approximate surface area is 116 Å². The maximum Gasteiger partial charge on any atom is 0.267 e. The normalized spacial score (nSPS) is 12.9. The standard InChI is InChI=1S/C13H14N2O4S/c1-9(16)10-4-2-3-5-11(10)15-20(18,19)13-8-14-7-6-12(13)17/h2-9,15-16H,1H3,(H,14,17). The Morgan fingerprint density at radius 2 is 1.95 bits per heavy atom. The molecule has 1 aromatic carbocycles. The number of H-pyrrole nitrogens is 1. The number of nitrogens with one attached hydrogen (secondary N) is 2. The molecular weight excluding hydrogens is 280 g/mol. The Bertz CT molecular complexity index is 766. The summed E-state index contributed by atoms with van der Waals surface area (Å²) in [6.45, 7) is 1.53. The minimum atomic E-state index is -4.00. The van der Waals surface area contributed by atoms with Gasteiger partial charge in [0.05, 0.1) is 11.8 Å². The molecule has 0 spiro atoms. The molecule has 7 heteroatoms. The molecule has 20 heavy (non-hydrogen) atoms. The molecule has 6 nitrogen and oxygen atoms in total. The molecule has 2 rings (SSSR count). The molecule has 1 unspecified atom stereocenters. The molecule has 1 aromatic heterocycles. The fourth-order valence-electron chi connectivity index (χ4n) is 1.76. The van der Waals surface area contributed by atoms with E-state index >= 15 is 0 Å². The second-order valence-corrected chi connectivity index (χ2v) is 5.89. The van der Waals surface area contributed by atoms with Gasteiger partial charge in [0, 0.05) is 24.0 Å². The van der Waals surface area contributed by atoms with Gasteiger partial charge in [-0.2, -0.15) is 0 Å². The first-order valence-electron chi connectivity index (χ1n) is 5.89. The number of aliphatic hydroxyl groups excluding tert-OH is 1. The smallest absolute Gasteiger partial charge is 0.267 e. The van der Waals surface area contributed by atoms with Gasteiger partial charge in [-0.1, -0.05) is 18.2 Å². The second kappa shape index (κ2) is 5.48. The molecule has 2 aromatic rings. The van der Waals surface area contributed by atoms with Gasteiger partial charge in [-0.3, -0.25) is 9.52 Å². The zero-order valence-corrected chi connectivity index (χ0v) is 11.5. The van der Waals surface area contributed by atoms with E-state index in [2.05, 4.69) is 9.71 Å². The van der Waals surface area contributed by atoms with Crippen molar-refractivity contribution < 1.29 is 13.5 Å². The molecule has 106 valence electrons. The van der Waals surface area contributed by atoms with Gasteiger partial charge in [0.25, 0.3) is 10.0 Å². The largest absolute Gasteiger partial charge is 0.389 e. The van der Waals surface area contributed by atoms with Crippen molar-refractivity contribution in [3.63, 3.8) is 0 Å². The van der Waals surface area contributed by atoms with E-state index in [1.807, 2.05) is 0 Å². The zero-order valence-electron chi connectivity index (χ0n) is 10.7. The first-order chi connectivity index (χ1) is 9.42. The van der Waals surface area contributed by atoms with Crippen LogP contribution in [-0.4, -0.2) is 18.5 Å². The van der Waals surface area contributed by atoms with Crippen molar-refractivity contribution in [2.24, 2.45) is 0 Å². The van der Waals surface area contributed by atoms with E-state index in [1.54, 1.807) is 18.2 Å². The minimum absolute atomic E-state index is 0.241. The van der Waals surface area contributed by atoms with Crippen LogP contribution in [-0.2, 0) is 10.0 Å². The molecule has 0 aliphatic carbocycles. The highest BCUT2D eigenvalue weighted by Gasteiger charge is 2.19. The van der Waals surface area contributed by atoms with Gasteiger partial charge < -0.3 is 10.1 Å². The van der Waals surface area contributed by atoms with Crippen LogP contribution in [0.4, 0.5) is 5.69 Å². The summed E-state index contributed by atoms with van der Waals surface area (Å²) >= 11 is 0. The number of aromatic nitrogens is 1. The fraction of sp³-hybridized carbons (Fsp3) is 0.154. The van der Waals surface area contributed by atoms with Gasteiger partial charge in [0.15, 0.2) is 4.90 Å². The number of pyridine rings is 1. The third kappa shape index (κ3) is 2.89. The van der Waals surface area contributed by atoms with Gasteiger partial charge in [-0.25, -0.2) is 8.42 Å². The van der Waals surface area contributed by atoms with Crippen LogP contribution in [0, 0.1) is 0 Å². The number of sulfonamides is 1. The summed E-state index contributed by atoms with van der Waals surface area (Å²) in [7, 11) is -4.00. The number of aromatic amines is 1. The van der Waals surface area contributed by atoms with Crippen LogP contribution in [0.3, 0.4) is 0 Å². The Kier molecular flexibility index (Phi) is 3.91. The van der Waals surface area contributed by atoms with Crippen molar-refractivity contribution >= 4 is 15.7 Å². The summed E-state index contributed by atoms with van der Waals surface area (Å²) in [5.41, 5.74) is 0.0694. The molecular formula is C13H14N2O4S. The molecule has 0 fully saturated rings. The Balaban J connectivity index is 2.45. The van der Waals surface area contributed by atoms with Crippen molar-refractivity contribution in [1.82, 2.24) is 4.98 Å². The van der Waals surface area contributed by atoms with Crippen molar-refractivity contribution in [2.45, 2.75) is 17.9 Å². The van der Waals surface area contributed by atoms with Crippen LogP contribution in [0.2, 0.25) is 0 Å². The Morgan fingerprint density at radius 3 is 2.60 bits per heavy atom. The molecule has 1 heterocycles. The van der Waals surface area contributed by atoms with Crippen LogP contribution < -0.4 is 10.2 Å². The molecule has 0 aliphatic heterocycles. The lowest BCUT2D eigenvalue weighted by atomic mass is 10.1. The lowest BCUT2D eigenvalue weighted by Gasteiger charge is -2.13. The molecule has 0 saturated carbocycles. The summed E-state index contributed by atoms with van der Waals surface area (Å²) in [4.78, 5) is 13.8. The molecule has 0 amide bonds. The van der Waals surface area contributed by atoms with Gasteiger partial charge in [-0.15, -0.1) is 0 Å². The van der Waals surface area contributed by atoms with Crippen LogP contribution >= 0.6 is 0 Å². The maximum atomic E-state index is 12.2. The molecule has 1 atom stereocenters. The van der Waals surface area contributed by atoms with Crippen molar-refractivity contribution in [2.75, 3.05) is 4.72 Å². The number of aliphatic hydroxyl groups is 1. The summed E-state index contributed by atoms with van der Waals surface area (Å²) in [5, 5.41) is 9.62. The van der Waals surface area contributed by atoms with Crippen LogP contribution in [0.5, 0.6) is 0 Å². The van der Waals surface area contributed by atoms with Crippen molar-refractivity contribution in [3.8, 4) is 0 Å². The molecule has 0 saturated heterocycles. The average Bonchev–Trinajstić information content (AvgIpc) is 2.39. The lowest BCUT2D eigenvalue weighted by molar-refractivity contribution is 0.200. The SMILES string of the molecule is CC(O)c1ccccc1NS(=O)(=O)c1c[nH]ccc1=O. The van der Waals surface area contributed by atoms with E-state index in [0.717, 1.165) is 12.3 Å². The maximum absolute atomic E-state index is 12.2. The van der Waals surface area contributed by atoms with E-state index < -0.39 is 21.6 Å². The quantitative estimate of drug-likeness (QED) is 0.789. The van der Waals surface area contributed by atoms with Crippen LogP contribution in [0.25, 0.3) is 0 Å². The number of hydrogen-bond acceptors (Lipinski definition) is 4. The monoisotopic (exact) mass is 294 g/mol. The lowest BCUT2D eigenvalue weighted by Crippen LogP contribution is -2.21. The molecule has 3 N–H and O–H groups in total. The van der Waals surface area contributed by atoms with Gasteiger partial charge in [0.2, 0.25) is 5.43 Å². The number of anilines is 1. The predicted octanol–water partition coefficient (Wildman–Crippen LogP) is 1.23. The molecule has 0 bridgehead atoms. The highest BCUT2D eigenvalue weighted by Crippen LogP contribution is 2.24. The Morgan fingerprint density at radius 1 is 1.25 bits per heavy atom. The number of benzene rings is 1. The third-order valence-electron chi connectivity index (χ3n) is 2.73. The van der Waals surface area contributed by atoms with Crippen LogP contribution in [0.15, 0.2) is 52.4 Å². The summed E-state index contributed by atoms with van der Waals surface area (Å²) in [6, 6.07) is 7.59.